The lowest BCUT2D eigenvalue weighted by Gasteiger charge is -1.94. The van der Waals surface area contributed by atoms with Crippen LogP contribution in [0, 0.1) is 18.3 Å². The molecule has 1 rings (SSSR count). The molecule has 12 heavy (non-hydrogen) atoms. The average molecular weight is 222 g/mol. The average Bonchev–Trinajstić information content (AvgIpc) is 2.04. The standard InChI is InChI=1S/C10H8BrN/c1-8-3-2-4-9(5-8)6-10(11)7-12/h2-6H,1H3/b10-6-. The van der Waals surface area contributed by atoms with Crippen molar-refractivity contribution in [3.05, 3.63) is 39.9 Å². The Morgan fingerprint density at radius 1 is 1.58 bits per heavy atom. The Balaban J connectivity index is 2.99. The van der Waals surface area contributed by atoms with E-state index in [9.17, 15) is 0 Å². The van der Waals surface area contributed by atoms with Crippen LogP contribution in [0.4, 0.5) is 0 Å². The molecule has 0 saturated carbocycles. The molecule has 0 aliphatic carbocycles. The molecular formula is C10H8BrN. The van der Waals surface area contributed by atoms with E-state index in [0.717, 1.165) is 5.56 Å². The largest absolute Gasteiger partial charge is 0.192 e. The summed E-state index contributed by atoms with van der Waals surface area (Å²) in [7, 11) is 0. The van der Waals surface area contributed by atoms with Gasteiger partial charge < -0.3 is 0 Å². The Hall–Kier alpha value is -1.07. The molecule has 0 atom stereocenters. The molecule has 0 aliphatic heterocycles. The van der Waals surface area contributed by atoms with E-state index in [-0.39, 0.29) is 0 Å². The number of benzene rings is 1. The molecule has 0 spiro atoms. The molecule has 0 N–H and O–H groups in total. The Labute approximate surface area is 80.5 Å². The maximum Gasteiger partial charge on any atom is 0.107 e. The molecule has 0 amide bonds. The third-order valence-corrected chi connectivity index (χ3v) is 1.85. The summed E-state index contributed by atoms with van der Waals surface area (Å²) in [6.45, 7) is 2.03. The molecule has 0 radical (unpaired) electrons. The van der Waals surface area contributed by atoms with Crippen LogP contribution in [0.2, 0.25) is 0 Å². The summed E-state index contributed by atoms with van der Waals surface area (Å²) >= 11 is 3.14. The molecule has 2 heteroatoms. The molecule has 1 aromatic carbocycles. The molecule has 1 nitrogen and oxygen atoms in total. The SMILES string of the molecule is Cc1cccc(/C=C(\Br)C#N)c1. The highest BCUT2D eigenvalue weighted by molar-refractivity contribution is 9.12. The van der Waals surface area contributed by atoms with Crippen LogP contribution in [-0.2, 0) is 0 Å². The van der Waals surface area contributed by atoms with E-state index in [0.29, 0.717) is 4.48 Å². The van der Waals surface area contributed by atoms with Gasteiger partial charge in [-0.1, -0.05) is 29.8 Å². The Kier molecular flexibility index (Phi) is 3.07. The van der Waals surface area contributed by atoms with Crippen molar-refractivity contribution in [2.24, 2.45) is 0 Å². The van der Waals surface area contributed by atoms with Crippen LogP contribution in [0.3, 0.4) is 0 Å². The highest BCUT2D eigenvalue weighted by atomic mass is 79.9. The van der Waals surface area contributed by atoms with E-state index < -0.39 is 0 Å². The minimum Gasteiger partial charge on any atom is -0.192 e. The van der Waals surface area contributed by atoms with Gasteiger partial charge in [0, 0.05) is 0 Å². The first-order valence-corrected chi connectivity index (χ1v) is 4.35. The molecule has 1 aromatic rings. The lowest BCUT2D eigenvalue weighted by Crippen LogP contribution is -1.74. The predicted molar refractivity (Wildman–Crippen MR) is 53.7 cm³/mol. The third-order valence-electron chi connectivity index (χ3n) is 1.44. The monoisotopic (exact) mass is 221 g/mol. The maximum absolute atomic E-state index is 8.50. The number of hydrogen-bond acceptors (Lipinski definition) is 1. The van der Waals surface area contributed by atoms with Crippen LogP contribution in [0.15, 0.2) is 28.7 Å². The van der Waals surface area contributed by atoms with Gasteiger partial charge in [0.2, 0.25) is 0 Å². The molecule has 0 aliphatic rings. The van der Waals surface area contributed by atoms with Crippen LogP contribution in [-0.4, -0.2) is 0 Å². The van der Waals surface area contributed by atoms with E-state index in [1.54, 1.807) is 6.08 Å². The second kappa shape index (κ2) is 4.08. The second-order valence-corrected chi connectivity index (χ2v) is 3.37. The van der Waals surface area contributed by atoms with Crippen molar-refractivity contribution in [2.75, 3.05) is 0 Å². The molecular weight excluding hydrogens is 214 g/mol. The van der Waals surface area contributed by atoms with Crippen molar-refractivity contribution in [3.8, 4) is 6.07 Å². The van der Waals surface area contributed by atoms with E-state index in [4.69, 9.17) is 5.26 Å². The van der Waals surface area contributed by atoms with Crippen molar-refractivity contribution < 1.29 is 0 Å². The molecule has 0 bridgehead atoms. The minimum absolute atomic E-state index is 0.549. The van der Waals surface area contributed by atoms with Crippen molar-refractivity contribution in [3.63, 3.8) is 0 Å². The second-order valence-electron chi connectivity index (χ2n) is 2.52. The van der Waals surface area contributed by atoms with Crippen molar-refractivity contribution in [1.29, 1.82) is 5.26 Å². The highest BCUT2D eigenvalue weighted by Crippen LogP contribution is 2.12. The lowest BCUT2D eigenvalue weighted by molar-refractivity contribution is 1.46. The van der Waals surface area contributed by atoms with Gasteiger partial charge in [0.05, 0.1) is 4.48 Å². The van der Waals surface area contributed by atoms with Gasteiger partial charge in [-0.3, -0.25) is 0 Å². The first-order valence-electron chi connectivity index (χ1n) is 3.56. The summed E-state index contributed by atoms with van der Waals surface area (Å²) < 4.78 is 0.549. The number of rotatable bonds is 1. The van der Waals surface area contributed by atoms with Crippen LogP contribution in [0.1, 0.15) is 11.1 Å². The molecule has 0 saturated heterocycles. The Morgan fingerprint density at radius 3 is 2.92 bits per heavy atom. The van der Waals surface area contributed by atoms with Gasteiger partial charge in [0.15, 0.2) is 0 Å². The fourth-order valence-electron chi connectivity index (χ4n) is 0.939. The molecule has 0 aromatic heterocycles. The van der Waals surface area contributed by atoms with Crippen LogP contribution < -0.4 is 0 Å². The molecule has 0 heterocycles. The minimum atomic E-state index is 0.549. The fourth-order valence-corrected chi connectivity index (χ4v) is 1.20. The van der Waals surface area contributed by atoms with E-state index >= 15 is 0 Å². The van der Waals surface area contributed by atoms with E-state index in [2.05, 4.69) is 15.9 Å². The molecule has 60 valence electrons. The topological polar surface area (TPSA) is 23.8 Å². The van der Waals surface area contributed by atoms with Gasteiger partial charge >= 0.3 is 0 Å². The van der Waals surface area contributed by atoms with Gasteiger partial charge in [-0.2, -0.15) is 5.26 Å². The van der Waals surface area contributed by atoms with Crippen molar-refractivity contribution >= 4 is 22.0 Å². The molecule has 0 fully saturated rings. The zero-order chi connectivity index (χ0) is 8.97. The Morgan fingerprint density at radius 2 is 2.33 bits per heavy atom. The van der Waals surface area contributed by atoms with Gasteiger partial charge in [-0.15, -0.1) is 0 Å². The smallest absolute Gasteiger partial charge is 0.107 e. The molecule has 0 unspecified atom stereocenters. The summed E-state index contributed by atoms with van der Waals surface area (Å²) in [5, 5.41) is 8.50. The lowest BCUT2D eigenvalue weighted by atomic mass is 10.1. The van der Waals surface area contributed by atoms with Crippen LogP contribution in [0.5, 0.6) is 0 Å². The van der Waals surface area contributed by atoms with Gasteiger partial charge in [0.25, 0.3) is 0 Å². The summed E-state index contributed by atoms with van der Waals surface area (Å²) in [5.41, 5.74) is 2.24. The van der Waals surface area contributed by atoms with Crippen LogP contribution in [0.25, 0.3) is 6.08 Å². The van der Waals surface area contributed by atoms with E-state index in [1.807, 2.05) is 37.3 Å². The zero-order valence-corrected chi connectivity index (χ0v) is 8.30. The summed E-state index contributed by atoms with van der Waals surface area (Å²) in [5.74, 6) is 0. The number of halogens is 1. The van der Waals surface area contributed by atoms with Gasteiger partial charge in [-0.25, -0.2) is 0 Å². The summed E-state index contributed by atoms with van der Waals surface area (Å²) in [4.78, 5) is 0. The first-order chi connectivity index (χ1) is 5.72. The third kappa shape index (κ3) is 2.52. The van der Waals surface area contributed by atoms with Crippen LogP contribution >= 0.6 is 15.9 Å². The number of hydrogen-bond donors (Lipinski definition) is 0. The summed E-state index contributed by atoms with van der Waals surface area (Å²) in [6, 6.07) is 10.00. The first kappa shape index (κ1) is 9.02. The Bertz CT molecular complexity index is 347. The quantitative estimate of drug-likeness (QED) is 0.669. The van der Waals surface area contributed by atoms with Crippen molar-refractivity contribution in [2.45, 2.75) is 6.92 Å². The number of aryl methyl sites for hydroxylation is 1. The highest BCUT2D eigenvalue weighted by Gasteiger charge is 1.90. The predicted octanol–water partition coefficient (Wildman–Crippen LogP) is 3.25. The van der Waals surface area contributed by atoms with Gasteiger partial charge in [0.1, 0.15) is 6.07 Å². The maximum atomic E-state index is 8.50. The number of allylic oxidation sites excluding steroid dienone is 1. The zero-order valence-electron chi connectivity index (χ0n) is 6.71. The summed E-state index contributed by atoms with van der Waals surface area (Å²) in [6.07, 6.45) is 1.80. The van der Waals surface area contributed by atoms with Gasteiger partial charge in [-0.05, 0) is 34.5 Å². The fraction of sp³-hybridized carbons (Fsp3) is 0.100. The normalized spacial score (nSPS) is 10.9. The van der Waals surface area contributed by atoms with E-state index in [1.165, 1.54) is 5.56 Å². The van der Waals surface area contributed by atoms with Crippen molar-refractivity contribution in [1.82, 2.24) is 0 Å². The number of nitrogens with zero attached hydrogens (tertiary/aromatic N) is 1. The number of nitriles is 1.